The van der Waals surface area contributed by atoms with Crippen molar-refractivity contribution in [3.63, 3.8) is 0 Å². The fourth-order valence-corrected chi connectivity index (χ4v) is 3.49. The monoisotopic (exact) mass is 448 g/mol. The maximum Gasteiger partial charge on any atom is 0.127 e. The quantitative estimate of drug-likeness (QED) is 0.446. The highest BCUT2D eigenvalue weighted by atomic mass is 127. The second kappa shape index (κ2) is 5.62. The molecule has 0 N–H and O–H groups in total. The number of hydrogen-bond donors (Lipinski definition) is 0. The molecule has 0 aliphatic carbocycles. The molecule has 4 heteroatoms. The Kier molecular flexibility index (Phi) is 4.06. The van der Waals surface area contributed by atoms with Gasteiger partial charge in [-0.05, 0) is 58.0 Å². The Morgan fingerprint density at radius 1 is 1.21 bits per heavy atom. The summed E-state index contributed by atoms with van der Waals surface area (Å²) in [7, 11) is 0. The van der Waals surface area contributed by atoms with Gasteiger partial charge in [0, 0.05) is 20.0 Å². The van der Waals surface area contributed by atoms with E-state index < -0.39 is 0 Å². The van der Waals surface area contributed by atoms with Crippen LogP contribution in [0.1, 0.15) is 22.1 Å². The SMILES string of the molecule is ClC(c1ccc(I)cc1)c1cc(Br)cc2c1OCC2. The molecule has 0 fully saturated rings. The first-order valence-corrected chi connectivity index (χ1v) is 8.30. The molecule has 19 heavy (non-hydrogen) atoms. The Morgan fingerprint density at radius 3 is 2.68 bits per heavy atom. The average molecular weight is 450 g/mol. The van der Waals surface area contributed by atoms with Crippen LogP contribution in [-0.2, 0) is 6.42 Å². The molecule has 0 saturated heterocycles. The first-order valence-electron chi connectivity index (χ1n) is 6.00. The Morgan fingerprint density at radius 2 is 1.95 bits per heavy atom. The van der Waals surface area contributed by atoms with Crippen LogP contribution < -0.4 is 4.74 Å². The number of benzene rings is 2. The van der Waals surface area contributed by atoms with Crippen molar-refractivity contribution in [1.82, 2.24) is 0 Å². The lowest BCUT2D eigenvalue weighted by atomic mass is 10.0. The van der Waals surface area contributed by atoms with Gasteiger partial charge >= 0.3 is 0 Å². The smallest absolute Gasteiger partial charge is 0.127 e. The standard InChI is InChI=1S/C15H11BrClIO/c16-11-7-10-5-6-19-15(10)13(8-11)14(17)9-1-3-12(18)4-2-9/h1-4,7-8,14H,5-6H2. The van der Waals surface area contributed by atoms with Crippen molar-refractivity contribution in [2.75, 3.05) is 6.61 Å². The summed E-state index contributed by atoms with van der Waals surface area (Å²) in [6, 6.07) is 12.5. The Hall–Kier alpha value is -0.260. The van der Waals surface area contributed by atoms with E-state index >= 15 is 0 Å². The van der Waals surface area contributed by atoms with Gasteiger partial charge in [-0.25, -0.2) is 0 Å². The maximum absolute atomic E-state index is 6.64. The minimum absolute atomic E-state index is 0.179. The third-order valence-corrected chi connectivity index (χ3v) is 4.88. The molecule has 2 aromatic rings. The van der Waals surface area contributed by atoms with Crippen molar-refractivity contribution >= 4 is 50.1 Å². The first kappa shape index (κ1) is 13.7. The minimum atomic E-state index is -0.179. The van der Waals surface area contributed by atoms with Gasteiger partial charge in [-0.1, -0.05) is 28.1 Å². The van der Waals surface area contributed by atoms with Gasteiger partial charge in [0.05, 0.1) is 12.0 Å². The molecule has 1 aliphatic heterocycles. The molecule has 3 rings (SSSR count). The Labute approximate surface area is 139 Å². The Bertz CT molecular complexity index is 612. The predicted molar refractivity (Wildman–Crippen MR) is 90.2 cm³/mol. The van der Waals surface area contributed by atoms with Gasteiger partial charge in [0.15, 0.2) is 0 Å². The van der Waals surface area contributed by atoms with Gasteiger partial charge in [0.25, 0.3) is 0 Å². The molecule has 1 nitrogen and oxygen atoms in total. The molecule has 1 unspecified atom stereocenters. The summed E-state index contributed by atoms with van der Waals surface area (Å²) in [6.45, 7) is 0.745. The first-order chi connectivity index (χ1) is 9.15. The zero-order chi connectivity index (χ0) is 13.4. The summed E-state index contributed by atoms with van der Waals surface area (Å²) in [5, 5.41) is -0.179. The van der Waals surface area contributed by atoms with Gasteiger partial charge in [-0.3, -0.25) is 0 Å². The largest absolute Gasteiger partial charge is 0.493 e. The van der Waals surface area contributed by atoms with Crippen LogP contribution in [0.25, 0.3) is 0 Å². The number of halogens is 3. The molecule has 0 spiro atoms. The van der Waals surface area contributed by atoms with Crippen LogP contribution in [0.5, 0.6) is 5.75 Å². The highest BCUT2D eigenvalue weighted by Crippen LogP contribution is 2.41. The third-order valence-electron chi connectivity index (χ3n) is 3.21. The van der Waals surface area contributed by atoms with E-state index in [4.69, 9.17) is 16.3 Å². The molecule has 0 bridgehead atoms. The van der Waals surface area contributed by atoms with Gasteiger partial charge in [0.2, 0.25) is 0 Å². The molecule has 1 heterocycles. The number of fused-ring (bicyclic) bond motifs is 1. The zero-order valence-corrected chi connectivity index (χ0v) is 14.5. The van der Waals surface area contributed by atoms with Crippen LogP contribution in [0.4, 0.5) is 0 Å². The fraction of sp³-hybridized carbons (Fsp3) is 0.200. The molecular formula is C15H11BrClIO. The molecule has 2 aromatic carbocycles. The highest BCUT2D eigenvalue weighted by Gasteiger charge is 2.23. The molecule has 1 atom stereocenters. The van der Waals surface area contributed by atoms with Crippen LogP contribution >= 0.6 is 50.1 Å². The van der Waals surface area contributed by atoms with Crippen molar-refractivity contribution in [1.29, 1.82) is 0 Å². The normalized spacial score (nSPS) is 14.9. The van der Waals surface area contributed by atoms with Crippen LogP contribution in [0.15, 0.2) is 40.9 Å². The van der Waals surface area contributed by atoms with E-state index in [9.17, 15) is 0 Å². The van der Waals surface area contributed by atoms with E-state index in [1.54, 1.807) is 0 Å². The molecule has 0 radical (unpaired) electrons. The van der Waals surface area contributed by atoms with Crippen LogP contribution in [0, 0.1) is 3.57 Å². The second-order valence-electron chi connectivity index (χ2n) is 4.50. The lowest BCUT2D eigenvalue weighted by Gasteiger charge is -2.15. The van der Waals surface area contributed by atoms with E-state index in [2.05, 4.69) is 74.9 Å². The van der Waals surface area contributed by atoms with Crippen LogP contribution in [0.3, 0.4) is 0 Å². The van der Waals surface area contributed by atoms with E-state index in [0.717, 1.165) is 34.4 Å². The van der Waals surface area contributed by atoms with E-state index in [-0.39, 0.29) is 5.38 Å². The van der Waals surface area contributed by atoms with Crippen molar-refractivity contribution in [2.24, 2.45) is 0 Å². The number of ether oxygens (including phenoxy) is 1. The third kappa shape index (κ3) is 2.78. The topological polar surface area (TPSA) is 9.23 Å². The summed E-state index contributed by atoms with van der Waals surface area (Å²) >= 11 is 12.5. The number of hydrogen-bond acceptors (Lipinski definition) is 1. The van der Waals surface area contributed by atoms with Gasteiger partial charge < -0.3 is 4.74 Å². The van der Waals surface area contributed by atoms with E-state index in [0.29, 0.717) is 0 Å². The van der Waals surface area contributed by atoms with Gasteiger partial charge in [0.1, 0.15) is 5.75 Å². The van der Waals surface area contributed by atoms with Crippen molar-refractivity contribution in [2.45, 2.75) is 11.8 Å². The molecule has 1 aliphatic rings. The zero-order valence-electron chi connectivity index (χ0n) is 10.00. The van der Waals surface area contributed by atoms with Crippen molar-refractivity contribution in [3.8, 4) is 5.75 Å². The van der Waals surface area contributed by atoms with Gasteiger partial charge in [-0.15, -0.1) is 11.6 Å². The van der Waals surface area contributed by atoms with Crippen LogP contribution in [-0.4, -0.2) is 6.61 Å². The predicted octanol–water partition coefficient (Wildman–Crippen LogP) is 5.32. The molecule has 0 amide bonds. The summed E-state index contributed by atoms with van der Waals surface area (Å²) in [6.07, 6.45) is 0.956. The van der Waals surface area contributed by atoms with Crippen molar-refractivity contribution in [3.05, 3.63) is 61.1 Å². The van der Waals surface area contributed by atoms with E-state index in [1.807, 2.05) is 0 Å². The minimum Gasteiger partial charge on any atom is -0.493 e. The lowest BCUT2D eigenvalue weighted by molar-refractivity contribution is 0.353. The van der Waals surface area contributed by atoms with Crippen molar-refractivity contribution < 1.29 is 4.74 Å². The maximum atomic E-state index is 6.64. The lowest BCUT2D eigenvalue weighted by Crippen LogP contribution is -1.97. The van der Waals surface area contributed by atoms with Crippen LogP contribution in [0.2, 0.25) is 0 Å². The van der Waals surface area contributed by atoms with Gasteiger partial charge in [-0.2, -0.15) is 0 Å². The fourth-order valence-electron chi connectivity index (χ4n) is 2.30. The highest BCUT2D eigenvalue weighted by molar-refractivity contribution is 14.1. The molecular weight excluding hydrogens is 438 g/mol. The summed E-state index contributed by atoms with van der Waals surface area (Å²) in [5.74, 6) is 0.960. The molecule has 0 aromatic heterocycles. The molecule has 0 saturated carbocycles. The Balaban J connectivity index is 2.04. The number of alkyl halides is 1. The number of rotatable bonds is 2. The molecule has 98 valence electrons. The summed E-state index contributed by atoms with van der Waals surface area (Å²) in [4.78, 5) is 0. The van der Waals surface area contributed by atoms with E-state index in [1.165, 1.54) is 9.13 Å². The second-order valence-corrected chi connectivity index (χ2v) is 7.09. The summed E-state index contributed by atoms with van der Waals surface area (Å²) < 4.78 is 8.01. The average Bonchev–Trinajstić information content (AvgIpc) is 2.85. The summed E-state index contributed by atoms with van der Waals surface area (Å²) in [5.41, 5.74) is 3.38.